The molecule has 0 heterocycles. The summed E-state index contributed by atoms with van der Waals surface area (Å²) in [5.41, 5.74) is 2.15. The molecule has 0 atom stereocenters. The topological polar surface area (TPSA) is 67.4 Å². The summed E-state index contributed by atoms with van der Waals surface area (Å²) in [5.74, 6) is 0.516. The summed E-state index contributed by atoms with van der Waals surface area (Å²) in [7, 11) is -0.0455. The number of benzene rings is 1. The highest BCUT2D eigenvalue weighted by Crippen LogP contribution is 2.38. The minimum atomic E-state index is -3.35. The molecule has 0 aliphatic heterocycles. The zero-order chi connectivity index (χ0) is 15.6. The maximum atomic E-state index is 11.8. The molecule has 0 aliphatic rings. The average molecular weight is 300 g/mol. The summed E-state index contributed by atoms with van der Waals surface area (Å²) in [6.07, 6.45) is 0. The molecule has 1 rings (SSSR count). The Morgan fingerprint density at radius 3 is 2.15 bits per heavy atom. The van der Waals surface area contributed by atoms with Crippen molar-refractivity contribution in [3.63, 3.8) is 0 Å². The van der Waals surface area contributed by atoms with Crippen LogP contribution < -0.4 is 14.8 Å². The largest absolute Gasteiger partial charge is 0.492 e. The fraction of sp³-hybridized carbons (Fsp3) is 0.571. The Hall–Kier alpha value is -1.43. The first kappa shape index (κ1) is 16.6. The van der Waals surface area contributed by atoms with Crippen LogP contribution in [0.2, 0.25) is 0 Å². The van der Waals surface area contributed by atoms with Crippen molar-refractivity contribution < 1.29 is 13.2 Å². The van der Waals surface area contributed by atoms with Gasteiger partial charge in [0.05, 0.1) is 24.2 Å². The van der Waals surface area contributed by atoms with Gasteiger partial charge in [0.25, 0.3) is 0 Å². The van der Waals surface area contributed by atoms with Crippen LogP contribution in [0.15, 0.2) is 12.1 Å². The number of methoxy groups -OCH3 is 1. The Labute approximate surface area is 121 Å². The molecule has 0 bridgehead atoms. The van der Waals surface area contributed by atoms with Crippen molar-refractivity contribution in [2.45, 2.75) is 33.1 Å². The van der Waals surface area contributed by atoms with Crippen LogP contribution in [-0.4, -0.2) is 28.3 Å². The maximum absolute atomic E-state index is 11.8. The normalized spacial score (nSPS) is 12.1. The van der Waals surface area contributed by atoms with Crippen LogP contribution in [0.4, 0.5) is 11.4 Å². The van der Waals surface area contributed by atoms with Crippen LogP contribution in [0.5, 0.6) is 5.75 Å². The number of anilines is 2. The van der Waals surface area contributed by atoms with Gasteiger partial charge in [-0.2, -0.15) is 0 Å². The monoisotopic (exact) mass is 300 g/mol. The first-order chi connectivity index (χ1) is 9.14. The molecule has 1 aromatic rings. The third-order valence-corrected chi connectivity index (χ3v) is 4.36. The van der Waals surface area contributed by atoms with Crippen LogP contribution in [0.25, 0.3) is 0 Å². The van der Waals surface area contributed by atoms with Gasteiger partial charge in [-0.25, -0.2) is 8.42 Å². The lowest BCUT2D eigenvalue weighted by Gasteiger charge is -2.23. The molecule has 5 nitrogen and oxygen atoms in total. The van der Waals surface area contributed by atoms with Crippen LogP contribution in [0.1, 0.15) is 33.3 Å². The molecule has 0 unspecified atom stereocenters. The highest BCUT2D eigenvalue weighted by atomic mass is 32.2. The van der Waals surface area contributed by atoms with Crippen molar-refractivity contribution in [2.24, 2.45) is 0 Å². The third-order valence-electron chi connectivity index (χ3n) is 3.07. The lowest BCUT2D eigenvalue weighted by molar-refractivity contribution is 0.418. The number of rotatable bonds is 5. The molecule has 0 saturated heterocycles. The third kappa shape index (κ3) is 3.79. The van der Waals surface area contributed by atoms with Crippen LogP contribution in [0, 0.1) is 0 Å². The van der Waals surface area contributed by atoms with E-state index < -0.39 is 10.0 Å². The fourth-order valence-corrected chi connectivity index (χ4v) is 2.41. The number of nitrogens with one attached hydrogen (secondary N) is 2. The van der Waals surface area contributed by atoms with Gasteiger partial charge in [0.15, 0.2) is 5.75 Å². The van der Waals surface area contributed by atoms with Crippen molar-refractivity contribution in [3.05, 3.63) is 17.7 Å². The van der Waals surface area contributed by atoms with E-state index in [1.807, 2.05) is 12.1 Å². The van der Waals surface area contributed by atoms with E-state index >= 15 is 0 Å². The molecule has 0 spiro atoms. The quantitative estimate of drug-likeness (QED) is 0.877. The Balaban J connectivity index is 3.47. The number of hydrogen-bond acceptors (Lipinski definition) is 4. The minimum absolute atomic E-state index is 0.0186. The molecule has 0 radical (unpaired) electrons. The molecule has 0 aromatic heterocycles. The van der Waals surface area contributed by atoms with Gasteiger partial charge < -0.3 is 10.1 Å². The van der Waals surface area contributed by atoms with E-state index in [0.717, 1.165) is 11.3 Å². The summed E-state index contributed by atoms with van der Waals surface area (Å²) in [4.78, 5) is 0. The van der Waals surface area contributed by atoms with Crippen molar-refractivity contribution >= 4 is 21.4 Å². The Morgan fingerprint density at radius 2 is 1.75 bits per heavy atom. The lowest BCUT2D eigenvalue weighted by Crippen LogP contribution is -2.18. The highest BCUT2D eigenvalue weighted by molar-refractivity contribution is 7.92. The Kier molecular flexibility index (Phi) is 4.91. The SMILES string of the molecule is CCS(=O)(=O)Nc1cc(C(C)(C)C)cc(NC)c1OC. The lowest BCUT2D eigenvalue weighted by atomic mass is 9.86. The first-order valence-corrected chi connectivity index (χ1v) is 8.20. The van der Waals surface area contributed by atoms with E-state index in [-0.39, 0.29) is 11.2 Å². The Bertz CT molecular complexity index is 575. The van der Waals surface area contributed by atoms with Crippen LogP contribution >= 0.6 is 0 Å². The van der Waals surface area contributed by atoms with E-state index in [9.17, 15) is 8.42 Å². The van der Waals surface area contributed by atoms with E-state index in [2.05, 4.69) is 30.8 Å². The summed E-state index contributed by atoms with van der Waals surface area (Å²) in [6.45, 7) is 7.83. The van der Waals surface area contributed by atoms with Crippen molar-refractivity contribution in [1.29, 1.82) is 0 Å². The molecule has 0 aliphatic carbocycles. The summed E-state index contributed by atoms with van der Waals surface area (Å²) in [6, 6.07) is 3.80. The number of sulfonamides is 1. The summed E-state index contributed by atoms with van der Waals surface area (Å²) >= 11 is 0. The van der Waals surface area contributed by atoms with E-state index in [4.69, 9.17) is 4.74 Å². The molecule has 0 fully saturated rings. The second kappa shape index (κ2) is 5.91. The van der Waals surface area contributed by atoms with Crippen LogP contribution in [-0.2, 0) is 15.4 Å². The molecule has 0 amide bonds. The molecular formula is C14H24N2O3S. The van der Waals surface area contributed by atoms with Gasteiger partial charge in [-0.3, -0.25) is 4.72 Å². The predicted molar refractivity (Wildman–Crippen MR) is 84.3 cm³/mol. The van der Waals surface area contributed by atoms with Gasteiger partial charge >= 0.3 is 0 Å². The standard InChI is InChI=1S/C14H24N2O3S/c1-7-20(17,18)16-12-9-10(14(2,3)4)8-11(15-5)13(12)19-6/h8-9,15-16H,7H2,1-6H3. The maximum Gasteiger partial charge on any atom is 0.232 e. The Morgan fingerprint density at radius 1 is 1.20 bits per heavy atom. The predicted octanol–water partition coefficient (Wildman–Crippen LogP) is 2.80. The molecule has 2 N–H and O–H groups in total. The van der Waals surface area contributed by atoms with Gasteiger partial charge in [-0.15, -0.1) is 0 Å². The van der Waals surface area contributed by atoms with E-state index in [1.165, 1.54) is 7.11 Å². The second-order valence-corrected chi connectivity index (χ2v) is 7.62. The van der Waals surface area contributed by atoms with E-state index in [1.54, 1.807) is 14.0 Å². The summed E-state index contributed by atoms with van der Waals surface area (Å²) in [5, 5.41) is 3.04. The van der Waals surface area contributed by atoms with Gasteiger partial charge in [0, 0.05) is 7.05 Å². The van der Waals surface area contributed by atoms with Gasteiger partial charge in [-0.1, -0.05) is 20.8 Å². The number of hydrogen-bond donors (Lipinski definition) is 2. The van der Waals surface area contributed by atoms with Gasteiger partial charge in [0.1, 0.15) is 0 Å². The average Bonchev–Trinajstić information content (AvgIpc) is 2.36. The van der Waals surface area contributed by atoms with Crippen molar-refractivity contribution in [2.75, 3.05) is 29.9 Å². The molecule has 6 heteroatoms. The zero-order valence-corrected chi connectivity index (χ0v) is 13.8. The first-order valence-electron chi connectivity index (χ1n) is 6.55. The van der Waals surface area contributed by atoms with Crippen molar-refractivity contribution in [3.8, 4) is 5.75 Å². The van der Waals surface area contributed by atoms with E-state index in [0.29, 0.717) is 11.4 Å². The fourth-order valence-electron chi connectivity index (χ4n) is 1.78. The summed E-state index contributed by atoms with van der Waals surface area (Å²) < 4.78 is 31.5. The second-order valence-electron chi connectivity index (χ2n) is 5.61. The zero-order valence-electron chi connectivity index (χ0n) is 13.0. The van der Waals surface area contributed by atoms with Gasteiger partial charge in [-0.05, 0) is 30.0 Å². The van der Waals surface area contributed by atoms with Crippen LogP contribution in [0.3, 0.4) is 0 Å². The molecule has 0 saturated carbocycles. The highest BCUT2D eigenvalue weighted by Gasteiger charge is 2.21. The molecule has 1 aromatic carbocycles. The smallest absolute Gasteiger partial charge is 0.232 e. The number of ether oxygens (including phenoxy) is 1. The van der Waals surface area contributed by atoms with Crippen molar-refractivity contribution in [1.82, 2.24) is 0 Å². The molecule has 20 heavy (non-hydrogen) atoms. The molecular weight excluding hydrogens is 276 g/mol. The van der Waals surface area contributed by atoms with Gasteiger partial charge in [0.2, 0.25) is 10.0 Å². The molecule has 114 valence electrons. The minimum Gasteiger partial charge on any atom is -0.492 e.